The molecule has 0 saturated carbocycles. The van der Waals surface area contributed by atoms with Crippen molar-refractivity contribution in [3.63, 3.8) is 0 Å². The van der Waals surface area contributed by atoms with Crippen molar-refractivity contribution in [2.45, 2.75) is 47.5 Å². The molecule has 0 aliphatic carbocycles. The van der Waals surface area contributed by atoms with E-state index in [0.717, 1.165) is 5.57 Å². The molecule has 0 unspecified atom stereocenters. The molecular weight excluding hydrogens is 391 g/mol. The first-order chi connectivity index (χ1) is 15.1. The third-order valence-corrected chi connectivity index (χ3v) is 5.92. The molecule has 0 fully saturated rings. The van der Waals surface area contributed by atoms with E-state index < -0.39 is 5.41 Å². The van der Waals surface area contributed by atoms with Crippen molar-refractivity contribution < 1.29 is 5.11 Å². The molecule has 9 heteroatoms. The molecule has 1 aromatic carbocycles. The first-order valence-electron chi connectivity index (χ1n) is 10.6. The van der Waals surface area contributed by atoms with Crippen LogP contribution >= 0.6 is 0 Å². The van der Waals surface area contributed by atoms with Crippen LogP contribution in [0, 0.1) is 5.41 Å². The molecule has 16 radical (unpaired) electrons. The van der Waals surface area contributed by atoms with Crippen molar-refractivity contribution in [1.82, 2.24) is 0 Å². The first kappa shape index (κ1) is 29.3. The van der Waals surface area contributed by atoms with Crippen LogP contribution in [-0.4, -0.2) is 67.9 Å². The normalized spacial score (nSPS) is 14.6. The molecule has 0 atom stereocenters. The Hall–Kier alpha value is -1.76. The Morgan fingerprint density at radius 1 is 0.939 bits per heavy atom. The van der Waals surface area contributed by atoms with Gasteiger partial charge < -0.3 is 5.11 Å². The van der Waals surface area contributed by atoms with Crippen LogP contribution in [0.2, 0.25) is 0 Å². The van der Waals surface area contributed by atoms with Crippen molar-refractivity contribution in [2.24, 2.45) is 5.41 Å². The van der Waals surface area contributed by atoms with Crippen molar-refractivity contribution >= 4 is 95.7 Å². The maximum absolute atomic E-state index is 10.6. The van der Waals surface area contributed by atoms with Gasteiger partial charge in [0.05, 0.1) is 0 Å². The Labute approximate surface area is 211 Å². The Morgan fingerprint density at radius 2 is 1.39 bits per heavy atom. The van der Waals surface area contributed by atoms with Crippen LogP contribution in [0.25, 0.3) is 5.57 Å². The van der Waals surface area contributed by atoms with Crippen LogP contribution in [0.15, 0.2) is 52.1 Å². The van der Waals surface area contributed by atoms with Gasteiger partial charge in [-0.15, -0.1) is 33.9 Å². The van der Waals surface area contributed by atoms with Crippen molar-refractivity contribution in [3.05, 3.63) is 57.6 Å². The lowest BCUT2D eigenvalue weighted by Gasteiger charge is -2.34. The van der Waals surface area contributed by atoms with E-state index in [1.165, 1.54) is 0 Å². The topological polar surface area (TPSA) is 20.2 Å². The fraction of sp³-hybridized carbons (Fsp3) is 0.333. The summed E-state index contributed by atoms with van der Waals surface area (Å²) in [6, 6.07) is 0. The zero-order valence-electron chi connectivity index (χ0n) is 20.3. The second-order valence-corrected chi connectivity index (χ2v) is 8.66. The smallest absolute Gasteiger partial charge is 0.117 e. The molecule has 0 bridgehead atoms. The quantitative estimate of drug-likeness (QED) is 0.357. The van der Waals surface area contributed by atoms with Gasteiger partial charge >= 0.3 is 0 Å². The summed E-state index contributed by atoms with van der Waals surface area (Å²) in [5.74, 6) is 0.0736. The molecule has 1 rings (SSSR count). The predicted octanol–water partition coefficient (Wildman–Crippen LogP) is -0.126. The van der Waals surface area contributed by atoms with Crippen molar-refractivity contribution in [1.29, 1.82) is 0 Å². The van der Waals surface area contributed by atoms with Gasteiger partial charge in [-0.25, -0.2) is 0 Å². The summed E-state index contributed by atoms with van der Waals surface area (Å²) < 4.78 is 0. The molecule has 0 aliphatic heterocycles. The van der Waals surface area contributed by atoms with Crippen LogP contribution in [0.3, 0.4) is 0 Å². The van der Waals surface area contributed by atoms with E-state index in [0.29, 0.717) is 35.0 Å². The van der Waals surface area contributed by atoms with Gasteiger partial charge in [0.1, 0.15) is 68.5 Å². The largest absolute Gasteiger partial charge is 0.508 e. The van der Waals surface area contributed by atoms with Gasteiger partial charge in [-0.3, -0.25) is 0 Å². The van der Waals surface area contributed by atoms with Crippen LogP contribution in [0.4, 0.5) is 0 Å². The lowest BCUT2D eigenvalue weighted by atomic mass is 9.57. The second kappa shape index (κ2) is 11.6. The number of benzene rings is 1. The number of rotatable bonds is 8. The highest BCUT2D eigenvalue weighted by atomic mass is 16.3. The lowest BCUT2D eigenvalue weighted by molar-refractivity contribution is 0.409. The minimum Gasteiger partial charge on any atom is -0.508 e. The van der Waals surface area contributed by atoms with Crippen molar-refractivity contribution in [2.75, 3.05) is 0 Å². The summed E-state index contributed by atoms with van der Waals surface area (Å²) in [5.41, 5.74) is 3.07. The number of hydrogen-bond donors (Lipinski definition) is 1. The maximum Gasteiger partial charge on any atom is 0.117 e. The van der Waals surface area contributed by atoms with Crippen LogP contribution in [0.1, 0.15) is 53.0 Å². The Kier molecular flexibility index (Phi) is 10.3. The molecule has 0 heterocycles. The summed E-state index contributed by atoms with van der Waals surface area (Å²) in [5, 5.41) is 10.6. The zero-order chi connectivity index (χ0) is 25.8. The van der Waals surface area contributed by atoms with Gasteiger partial charge in [0, 0.05) is 5.57 Å². The Bertz CT molecular complexity index is 1050. The standard InChI is InChI=1S/C24H24B8O/c1-7-9-14(26)16(15(33)8-2)11(3)24(5,6)10-13(18(27)12(4)25)17-19(28)21(30)23(32)22(31)20(17)29/h8-9,33H,4,7,10H2,1-3,5-6H3/b14-9+,15-8+,16-11-,18-13-. The van der Waals surface area contributed by atoms with Gasteiger partial charge in [-0.05, 0) is 49.3 Å². The molecular formula is C24H24B8O. The Balaban J connectivity index is 3.95. The molecule has 33 heavy (non-hydrogen) atoms. The Morgan fingerprint density at radius 3 is 1.79 bits per heavy atom. The summed E-state index contributed by atoms with van der Waals surface area (Å²) in [7, 11) is 49.4. The molecule has 0 spiro atoms. The van der Waals surface area contributed by atoms with E-state index in [1.807, 2.05) is 33.8 Å². The fourth-order valence-electron chi connectivity index (χ4n) is 3.62. The highest BCUT2D eigenvalue weighted by Gasteiger charge is 2.28. The molecule has 1 aromatic rings. The molecule has 1 nitrogen and oxygen atoms in total. The van der Waals surface area contributed by atoms with Crippen LogP contribution in [0.5, 0.6) is 0 Å². The van der Waals surface area contributed by atoms with Gasteiger partial charge in [0.25, 0.3) is 0 Å². The zero-order valence-corrected chi connectivity index (χ0v) is 20.3. The van der Waals surface area contributed by atoms with E-state index >= 15 is 0 Å². The highest BCUT2D eigenvalue weighted by molar-refractivity contribution is 6.68. The third kappa shape index (κ3) is 6.23. The number of aliphatic hydroxyl groups excluding tert-OH is 1. The molecule has 0 amide bonds. The minimum atomic E-state index is -0.599. The van der Waals surface area contributed by atoms with E-state index in [2.05, 4.69) is 6.58 Å². The second-order valence-electron chi connectivity index (χ2n) is 8.66. The molecule has 1 N–H and O–H groups in total. The number of aliphatic hydroxyl groups is 1. The lowest BCUT2D eigenvalue weighted by Crippen LogP contribution is -2.56. The monoisotopic (exact) mass is 416 g/mol. The maximum atomic E-state index is 10.6. The van der Waals surface area contributed by atoms with Crippen LogP contribution in [-0.2, 0) is 0 Å². The van der Waals surface area contributed by atoms with E-state index in [9.17, 15) is 5.11 Å². The SMILES string of the molecule is [B]C(=C)/C([B])=C(\CC(C)(C)/C(C)=C(C(/[B])=C\CC)\C(O)=C/C)c1c([B])c([B])c([B])c([B])c1[B]. The molecule has 0 saturated heterocycles. The molecule has 0 aliphatic rings. The number of allylic oxidation sites excluding steroid dienone is 7. The summed E-state index contributed by atoms with van der Waals surface area (Å²) >= 11 is 0. The summed E-state index contributed by atoms with van der Waals surface area (Å²) in [4.78, 5) is 0. The average molecular weight is 415 g/mol. The van der Waals surface area contributed by atoms with Gasteiger partial charge in [0.2, 0.25) is 0 Å². The molecule has 150 valence electrons. The van der Waals surface area contributed by atoms with E-state index in [-0.39, 0.29) is 44.0 Å². The predicted molar refractivity (Wildman–Crippen MR) is 153 cm³/mol. The van der Waals surface area contributed by atoms with Gasteiger partial charge in [-0.1, -0.05) is 48.8 Å². The van der Waals surface area contributed by atoms with Gasteiger partial charge in [-0.2, -0.15) is 0 Å². The summed E-state index contributed by atoms with van der Waals surface area (Å²) in [6.07, 6.45) is 4.45. The van der Waals surface area contributed by atoms with Crippen molar-refractivity contribution in [3.8, 4) is 0 Å². The fourth-order valence-corrected chi connectivity index (χ4v) is 3.62. The average Bonchev–Trinajstić information content (AvgIpc) is 2.75. The minimum absolute atomic E-state index is 0.0736. The van der Waals surface area contributed by atoms with E-state index in [1.54, 1.807) is 13.0 Å². The first-order valence-corrected chi connectivity index (χ1v) is 10.6. The van der Waals surface area contributed by atoms with Gasteiger partial charge in [0.15, 0.2) is 0 Å². The number of hydrogen-bond acceptors (Lipinski definition) is 1. The highest BCUT2D eigenvalue weighted by Crippen LogP contribution is 2.41. The summed E-state index contributed by atoms with van der Waals surface area (Å²) in [6.45, 7) is 13.3. The van der Waals surface area contributed by atoms with Crippen LogP contribution < -0.4 is 27.3 Å². The van der Waals surface area contributed by atoms with E-state index in [4.69, 9.17) is 62.8 Å². The molecule has 0 aromatic heterocycles. The third-order valence-electron chi connectivity index (χ3n) is 5.92.